The van der Waals surface area contributed by atoms with Gasteiger partial charge >= 0.3 is 0 Å². The van der Waals surface area contributed by atoms with E-state index in [-0.39, 0.29) is 11.8 Å². The van der Waals surface area contributed by atoms with E-state index in [1.165, 1.54) is 30.4 Å². The number of ketones is 1. The summed E-state index contributed by atoms with van der Waals surface area (Å²) in [6, 6.07) is 8.93. The van der Waals surface area contributed by atoms with Crippen molar-refractivity contribution in [3.63, 3.8) is 0 Å². The second kappa shape index (κ2) is 6.14. The Kier molecular flexibility index (Phi) is 4.54. The standard InChI is InChI=1S/C16H23NO/c1-13-6-8-15(9-7-13)16(12-14(2)18)17-10-4-3-5-11-17/h6-9,16H,3-5,10-12H2,1-2H3. The summed E-state index contributed by atoms with van der Waals surface area (Å²) in [6.45, 7) is 6.06. The highest BCUT2D eigenvalue weighted by Crippen LogP contribution is 2.28. The van der Waals surface area contributed by atoms with E-state index in [4.69, 9.17) is 0 Å². The van der Waals surface area contributed by atoms with E-state index in [1.807, 2.05) is 0 Å². The molecular weight excluding hydrogens is 222 g/mol. The number of hydrogen-bond acceptors (Lipinski definition) is 2. The highest BCUT2D eigenvalue weighted by molar-refractivity contribution is 5.76. The maximum absolute atomic E-state index is 11.5. The first-order valence-corrected chi connectivity index (χ1v) is 6.97. The molecule has 0 bridgehead atoms. The lowest BCUT2D eigenvalue weighted by Crippen LogP contribution is -2.34. The maximum atomic E-state index is 11.5. The molecule has 0 aromatic heterocycles. The molecule has 0 amide bonds. The minimum atomic E-state index is 0.281. The number of nitrogens with zero attached hydrogens (tertiary/aromatic N) is 1. The van der Waals surface area contributed by atoms with Crippen LogP contribution in [-0.4, -0.2) is 23.8 Å². The van der Waals surface area contributed by atoms with Crippen molar-refractivity contribution in [3.8, 4) is 0 Å². The van der Waals surface area contributed by atoms with Gasteiger partial charge < -0.3 is 0 Å². The van der Waals surface area contributed by atoms with Crippen LogP contribution in [0.2, 0.25) is 0 Å². The summed E-state index contributed by atoms with van der Waals surface area (Å²) in [4.78, 5) is 14.0. The first-order chi connectivity index (χ1) is 8.66. The van der Waals surface area contributed by atoms with E-state index in [1.54, 1.807) is 6.92 Å². The fourth-order valence-electron chi connectivity index (χ4n) is 2.75. The summed E-state index contributed by atoms with van der Waals surface area (Å²) in [5.41, 5.74) is 2.57. The van der Waals surface area contributed by atoms with E-state index in [0.29, 0.717) is 6.42 Å². The Morgan fingerprint density at radius 3 is 2.33 bits per heavy atom. The van der Waals surface area contributed by atoms with Gasteiger partial charge in [-0.1, -0.05) is 36.2 Å². The third-order valence-corrected chi connectivity index (χ3v) is 3.77. The van der Waals surface area contributed by atoms with Crippen LogP contribution in [0.5, 0.6) is 0 Å². The molecule has 2 rings (SSSR count). The Bertz CT molecular complexity index is 390. The van der Waals surface area contributed by atoms with Gasteiger partial charge in [-0.2, -0.15) is 0 Å². The number of Topliss-reactive ketones (excluding diaryl/α,β-unsaturated/α-hetero) is 1. The second-order valence-electron chi connectivity index (χ2n) is 5.43. The van der Waals surface area contributed by atoms with Crippen LogP contribution in [0.25, 0.3) is 0 Å². The van der Waals surface area contributed by atoms with Gasteiger partial charge in [0.15, 0.2) is 0 Å². The minimum absolute atomic E-state index is 0.281. The number of rotatable bonds is 4. The van der Waals surface area contributed by atoms with Crippen LogP contribution < -0.4 is 0 Å². The quantitative estimate of drug-likeness (QED) is 0.809. The first kappa shape index (κ1) is 13.3. The van der Waals surface area contributed by atoms with Crippen molar-refractivity contribution in [2.75, 3.05) is 13.1 Å². The fraction of sp³-hybridized carbons (Fsp3) is 0.562. The number of aryl methyl sites for hydroxylation is 1. The van der Waals surface area contributed by atoms with Crippen molar-refractivity contribution in [1.82, 2.24) is 4.90 Å². The van der Waals surface area contributed by atoms with Crippen LogP contribution >= 0.6 is 0 Å². The van der Waals surface area contributed by atoms with Crippen molar-refractivity contribution in [2.45, 2.75) is 45.6 Å². The SMILES string of the molecule is CC(=O)CC(c1ccc(C)cc1)N1CCCCC1. The lowest BCUT2D eigenvalue weighted by atomic mass is 9.97. The second-order valence-corrected chi connectivity index (χ2v) is 5.43. The van der Waals surface area contributed by atoms with E-state index in [0.717, 1.165) is 13.1 Å². The summed E-state index contributed by atoms with van der Waals surface area (Å²) in [7, 11) is 0. The average molecular weight is 245 g/mol. The van der Waals surface area contributed by atoms with Crippen molar-refractivity contribution < 1.29 is 4.79 Å². The predicted octanol–water partition coefficient (Wildman–Crippen LogP) is 3.50. The molecular formula is C16H23NO. The summed E-state index contributed by atoms with van der Waals surface area (Å²) < 4.78 is 0. The third kappa shape index (κ3) is 3.42. The highest BCUT2D eigenvalue weighted by Gasteiger charge is 2.23. The summed E-state index contributed by atoms with van der Waals surface area (Å²) in [5, 5.41) is 0. The zero-order valence-electron chi connectivity index (χ0n) is 11.5. The maximum Gasteiger partial charge on any atom is 0.131 e. The molecule has 18 heavy (non-hydrogen) atoms. The third-order valence-electron chi connectivity index (χ3n) is 3.77. The highest BCUT2D eigenvalue weighted by atomic mass is 16.1. The van der Waals surface area contributed by atoms with Gasteiger partial charge in [-0.3, -0.25) is 9.69 Å². The lowest BCUT2D eigenvalue weighted by Gasteiger charge is -2.34. The van der Waals surface area contributed by atoms with Crippen LogP contribution in [0, 0.1) is 6.92 Å². The number of likely N-dealkylation sites (tertiary alicyclic amines) is 1. The number of hydrogen-bond donors (Lipinski definition) is 0. The Labute approximate surface area is 110 Å². The number of carbonyl (C=O) groups is 1. The van der Waals surface area contributed by atoms with Crippen LogP contribution in [-0.2, 0) is 4.79 Å². The summed E-state index contributed by atoms with van der Waals surface area (Å²) >= 11 is 0. The molecule has 2 heteroatoms. The summed E-state index contributed by atoms with van der Waals surface area (Å²) in [5.74, 6) is 0.283. The predicted molar refractivity (Wildman–Crippen MR) is 74.6 cm³/mol. The molecule has 0 radical (unpaired) electrons. The van der Waals surface area contributed by atoms with Gasteiger partial charge in [-0.25, -0.2) is 0 Å². The van der Waals surface area contributed by atoms with Crippen molar-refractivity contribution in [3.05, 3.63) is 35.4 Å². The van der Waals surface area contributed by atoms with E-state index >= 15 is 0 Å². The smallest absolute Gasteiger partial charge is 0.131 e. The Morgan fingerprint density at radius 2 is 1.78 bits per heavy atom. The molecule has 1 aliphatic heterocycles. The van der Waals surface area contributed by atoms with E-state index < -0.39 is 0 Å². The molecule has 1 aromatic rings. The molecule has 98 valence electrons. The molecule has 1 fully saturated rings. The van der Waals surface area contributed by atoms with Crippen LogP contribution in [0.1, 0.15) is 49.8 Å². The van der Waals surface area contributed by atoms with Gasteiger partial charge in [-0.15, -0.1) is 0 Å². The molecule has 1 heterocycles. The van der Waals surface area contributed by atoms with Gasteiger partial charge in [0.25, 0.3) is 0 Å². The van der Waals surface area contributed by atoms with Gasteiger partial charge in [-0.05, 0) is 45.3 Å². The van der Waals surface area contributed by atoms with Crippen molar-refractivity contribution in [2.24, 2.45) is 0 Å². The number of benzene rings is 1. The molecule has 0 spiro atoms. The van der Waals surface area contributed by atoms with Crippen molar-refractivity contribution >= 4 is 5.78 Å². The molecule has 1 atom stereocenters. The Morgan fingerprint density at radius 1 is 1.17 bits per heavy atom. The van der Waals surface area contributed by atoms with Crippen LogP contribution in [0.4, 0.5) is 0 Å². The zero-order chi connectivity index (χ0) is 13.0. The fourth-order valence-corrected chi connectivity index (χ4v) is 2.75. The largest absolute Gasteiger partial charge is 0.300 e. The summed E-state index contributed by atoms with van der Waals surface area (Å²) in [6.07, 6.45) is 4.50. The van der Waals surface area contributed by atoms with Crippen LogP contribution in [0.3, 0.4) is 0 Å². The number of piperidine rings is 1. The number of carbonyl (C=O) groups excluding carboxylic acids is 1. The molecule has 1 saturated heterocycles. The van der Waals surface area contributed by atoms with Gasteiger partial charge in [0.1, 0.15) is 5.78 Å². The zero-order valence-corrected chi connectivity index (χ0v) is 11.5. The molecule has 2 nitrogen and oxygen atoms in total. The molecule has 0 aliphatic carbocycles. The molecule has 1 aliphatic rings. The monoisotopic (exact) mass is 245 g/mol. The van der Waals surface area contributed by atoms with E-state index in [2.05, 4.69) is 36.1 Å². The van der Waals surface area contributed by atoms with Gasteiger partial charge in [0.2, 0.25) is 0 Å². The molecule has 1 aromatic carbocycles. The lowest BCUT2D eigenvalue weighted by molar-refractivity contribution is -0.118. The topological polar surface area (TPSA) is 20.3 Å². The Hall–Kier alpha value is -1.15. The Balaban J connectivity index is 2.17. The van der Waals surface area contributed by atoms with Crippen LogP contribution in [0.15, 0.2) is 24.3 Å². The molecule has 0 N–H and O–H groups in total. The van der Waals surface area contributed by atoms with Gasteiger partial charge in [0.05, 0.1) is 0 Å². The van der Waals surface area contributed by atoms with E-state index in [9.17, 15) is 4.79 Å². The van der Waals surface area contributed by atoms with Crippen molar-refractivity contribution in [1.29, 1.82) is 0 Å². The average Bonchev–Trinajstić information content (AvgIpc) is 2.38. The first-order valence-electron chi connectivity index (χ1n) is 6.97. The minimum Gasteiger partial charge on any atom is -0.300 e. The van der Waals surface area contributed by atoms with Gasteiger partial charge in [0, 0.05) is 12.5 Å². The normalized spacial score (nSPS) is 18.6. The molecule has 0 saturated carbocycles. The molecule has 1 unspecified atom stereocenters.